The van der Waals surface area contributed by atoms with Crippen molar-refractivity contribution in [3.05, 3.63) is 82.4 Å². The number of hydrogen-bond donors (Lipinski definition) is 0. The van der Waals surface area contributed by atoms with Gasteiger partial charge in [-0.25, -0.2) is 0 Å². The number of carbonyl (C=O) groups is 1. The maximum atomic E-state index is 13.2. The van der Waals surface area contributed by atoms with Crippen LogP contribution in [0.1, 0.15) is 73.1 Å². The molecule has 0 saturated heterocycles. The zero-order chi connectivity index (χ0) is 19.4. The van der Waals surface area contributed by atoms with E-state index in [0.29, 0.717) is 0 Å². The lowest BCUT2D eigenvalue weighted by molar-refractivity contribution is 0.103. The molecule has 3 aromatic rings. The fraction of sp³-hybridized carbons (Fsp3) is 0.346. The minimum absolute atomic E-state index is 0.111. The summed E-state index contributed by atoms with van der Waals surface area (Å²) in [5, 5.41) is 2.30. The maximum absolute atomic E-state index is 13.2. The number of rotatable bonds is 2. The summed E-state index contributed by atoms with van der Waals surface area (Å²) in [4.78, 5) is 13.2. The molecule has 0 radical (unpaired) electrons. The van der Waals surface area contributed by atoms with Gasteiger partial charge in [0.15, 0.2) is 5.78 Å². The fourth-order valence-electron chi connectivity index (χ4n) is 4.40. The van der Waals surface area contributed by atoms with Crippen LogP contribution in [0.3, 0.4) is 0 Å². The van der Waals surface area contributed by atoms with E-state index in [0.717, 1.165) is 22.9 Å². The lowest BCUT2D eigenvalue weighted by Crippen LogP contribution is -2.34. The van der Waals surface area contributed by atoms with Crippen LogP contribution in [0.15, 0.2) is 54.6 Å². The van der Waals surface area contributed by atoms with Gasteiger partial charge in [0.05, 0.1) is 0 Å². The van der Waals surface area contributed by atoms with E-state index in [9.17, 15) is 4.79 Å². The third kappa shape index (κ3) is 3.10. The normalized spacial score (nSPS) is 17.5. The Kier molecular flexibility index (Phi) is 4.03. The standard InChI is InChI=1S/C26H28O/c1-17-6-7-19-15-20(9-8-18(19)14-17)24(27)21-10-11-22-23(16-21)26(4,5)13-12-25(22,2)3/h6-11,14-16H,12-13H2,1-5H3. The molecule has 0 unspecified atom stereocenters. The van der Waals surface area contributed by atoms with E-state index < -0.39 is 0 Å². The lowest BCUT2D eigenvalue weighted by Gasteiger charge is -2.42. The molecule has 3 aromatic carbocycles. The van der Waals surface area contributed by atoms with E-state index in [1.807, 2.05) is 18.2 Å². The third-order valence-corrected chi connectivity index (χ3v) is 6.37. The van der Waals surface area contributed by atoms with Crippen molar-refractivity contribution in [3.63, 3.8) is 0 Å². The summed E-state index contributed by atoms with van der Waals surface area (Å²) < 4.78 is 0. The summed E-state index contributed by atoms with van der Waals surface area (Å²) in [5.74, 6) is 0.111. The summed E-state index contributed by atoms with van der Waals surface area (Å²) in [6.45, 7) is 11.3. The predicted octanol–water partition coefficient (Wildman–Crippen LogP) is 6.73. The van der Waals surface area contributed by atoms with Gasteiger partial charge in [0, 0.05) is 11.1 Å². The first-order chi connectivity index (χ1) is 12.7. The number of fused-ring (bicyclic) bond motifs is 2. The molecule has 0 N–H and O–H groups in total. The second-order valence-electron chi connectivity index (χ2n) is 9.42. The molecule has 1 aliphatic rings. The van der Waals surface area contributed by atoms with Crippen molar-refractivity contribution in [1.82, 2.24) is 0 Å². The first-order valence-electron chi connectivity index (χ1n) is 9.88. The molecule has 0 spiro atoms. The van der Waals surface area contributed by atoms with E-state index in [-0.39, 0.29) is 16.6 Å². The lowest BCUT2D eigenvalue weighted by atomic mass is 9.63. The number of benzene rings is 3. The molecular formula is C26H28O. The number of aryl methyl sites for hydroxylation is 1. The van der Waals surface area contributed by atoms with E-state index >= 15 is 0 Å². The van der Waals surface area contributed by atoms with E-state index in [1.54, 1.807) is 0 Å². The molecule has 0 aromatic heterocycles. The molecular weight excluding hydrogens is 328 g/mol. The second-order valence-corrected chi connectivity index (χ2v) is 9.42. The van der Waals surface area contributed by atoms with Gasteiger partial charge in [0.1, 0.15) is 0 Å². The van der Waals surface area contributed by atoms with Crippen LogP contribution in [0.5, 0.6) is 0 Å². The minimum atomic E-state index is 0.111. The highest BCUT2D eigenvalue weighted by atomic mass is 16.1. The van der Waals surface area contributed by atoms with Crippen LogP contribution in [-0.2, 0) is 10.8 Å². The molecule has 0 heterocycles. The molecule has 138 valence electrons. The first kappa shape index (κ1) is 18.0. The highest BCUT2D eigenvalue weighted by Gasteiger charge is 2.37. The van der Waals surface area contributed by atoms with Crippen molar-refractivity contribution in [2.24, 2.45) is 0 Å². The Bertz CT molecular complexity index is 1050. The highest BCUT2D eigenvalue weighted by molar-refractivity contribution is 6.10. The zero-order valence-electron chi connectivity index (χ0n) is 17.0. The van der Waals surface area contributed by atoms with Crippen molar-refractivity contribution >= 4 is 16.6 Å². The third-order valence-electron chi connectivity index (χ3n) is 6.37. The van der Waals surface area contributed by atoms with Gasteiger partial charge >= 0.3 is 0 Å². The minimum Gasteiger partial charge on any atom is -0.289 e. The van der Waals surface area contributed by atoms with Crippen LogP contribution >= 0.6 is 0 Å². The van der Waals surface area contributed by atoms with E-state index in [4.69, 9.17) is 0 Å². The first-order valence-corrected chi connectivity index (χ1v) is 9.88. The van der Waals surface area contributed by atoms with Gasteiger partial charge in [-0.3, -0.25) is 4.79 Å². The fourth-order valence-corrected chi connectivity index (χ4v) is 4.40. The predicted molar refractivity (Wildman–Crippen MR) is 114 cm³/mol. The SMILES string of the molecule is Cc1ccc2cc(C(=O)c3ccc4c(c3)C(C)(C)CCC4(C)C)ccc2c1. The highest BCUT2D eigenvalue weighted by Crippen LogP contribution is 2.46. The van der Waals surface area contributed by atoms with Crippen molar-refractivity contribution in [2.75, 3.05) is 0 Å². The summed E-state index contributed by atoms with van der Waals surface area (Å²) in [6.07, 6.45) is 2.34. The number of carbonyl (C=O) groups excluding carboxylic acids is 1. The van der Waals surface area contributed by atoms with Crippen molar-refractivity contribution in [1.29, 1.82) is 0 Å². The van der Waals surface area contributed by atoms with Crippen LogP contribution in [0.25, 0.3) is 10.8 Å². The van der Waals surface area contributed by atoms with Gasteiger partial charge in [0.2, 0.25) is 0 Å². The largest absolute Gasteiger partial charge is 0.289 e. The van der Waals surface area contributed by atoms with Gasteiger partial charge in [-0.1, -0.05) is 75.7 Å². The van der Waals surface area contributed by atoms with Crippen LogP contribution in [-0.4, -0.2) is 5.78 Å². The molecule has 1 heteroatoms. The van der Waals surface area contributed by atoms with Crippen LogP contribution < -0.4 is 0 Å². The Morgan fingerprint density at radius 3 is 2.00 bits per heavy atom. The summed E-state index contributed by atoms with van der Waals surface area (Å²) >= 11 is 0. The Morgan fingerprint density at radius 1 is 0.704 bits per heavy atom. The summed E-state index contributed by atoms with van der Waals surface area (Å²) in [5.41, 5.74) is 5.81. The Labute approximate surface area is 162 Å². The van der Waals surface area contributed by atoms with Crippen molar-refractivity contribution in [3.8, 4) is 0 Å². The molecule has 1 nitrogen and oxygen atoms in total. The molecule has 27 heavy (non-hydrogen) atoms. The van der Waals surface area contributed by atoms with Crippen LogP contribution in [0.2, 0.25) is 0 Å². The Morgan fingerprint density at radius 2 is 1.26 bits per heavy atom. The average Bonchev–Trinajstić information content (AvgIpc) is 2.64. The number of hydrogen-bond acceptors (Lipinski definition) is 1. The van der Waals surface area contributed by atoms with Gasteiger partial charge in [-0.05, 0) is 64.6 Å². The van der Waals surface area contributed by atoms with Crippen LogP contribution in [0, 0.1) is 6.92 Å². The summed E-state index contributed by atoms with van der Waals surface area (Å²) in [6, 6.07) is 18.7. The molecule has 0 saturated carbocycles. The van der Waals surface area contributed by atoms with Crippen molar-refractivity contribution in [2.45, 2.75) is 58.3 Å². The maximum Gasteiger partial charge on any atom is 0.193 e. The summed E-state index contributed by atoms with van der Waals surface area (Å²) in [7, 11) is 0. The monoisotopic (exact) mass is 356 g/mol. The Balaban J connectivity index is 1.78. The van der Waals surface area contributed by atoms with Gasteiger partial charge < -0.3 is 0 Å². The molecule has 1 aliphatic carbocycles. The molecule has 4 rings (SSSR count). The van der Waals surface area contributed by atoms with Crippen LogP contribution in [0.4, 0.5) is 0 Å². The van der Waals surface area contributed by atoms with Gasteiger partial charge in [0.25, 0.3) is 0 Å². The van der Waals surface area contributed by atoms with E-state index in [2.05, 4.69) is 71.0 Å². The Hall–Kier alpha value is -2.41. The topological polar surface area (TPSA) is 17.1 Å². The number of ketones is 1. The second kappa shape index (κ2) is 6.05. The van der Waals surface area contributed by atoms with Gasteiger partial charge in [-0.2, -0.15) is 0 Å². The molecule has 0 atom stereocenters. The molecule has 0 bridgehead atoms. The molecule has 0 fully saturated rings. The molecule has 0 amide bonds. The smallest absolute Gasteiger partial charge is 0.193 e. The zero-order valence-corrected chi connectivity index (χ0v) is 17.0. The van der Waals surface area contributed by atoms with Crippen molar-refractivity contribution < 1.29 is 4.79 Å². The average molecular weight is 357 g/mol. The molecule has 0 aliphatic heterocycles. The van der Waals surface area contributed by atoms with Gasteiger partial charge in [-0.15, -0.1) is 0 Å². The quantitative estimate of drug-likeness (QED) is 0.465. The van der Waals surface area contributed by atoms with E-state index in [1.165, 1.54) is 28.5 Å².